The largest absolute Gasteiger partial charge is 0.324 e. The van der Waals surface area contributed by atoms with Crippen molar-refractivity contribution in [2.24, 2.45) is 17.1 Å². The first-order valence-corrected chi connectivity index (χ1v) is 8.55. The molecule has 1 aliphatic heterocycles. The van der Waals surface area contributed by atoms with Crippen molar-refractivity contribution in [2.45, 2.75) is 58.5 Å². The molecule has 1 aromatic carbocycles. The van der Waals surface area contributed by atoms with Crippen molar-refractivity contribution >= 4 is 0 Å². The molecule has 116 valence electrons. The van der Waals surface area contributed by atoms with Crippen LogP contribution in [0.4, 0.5) is 0 Å². The summed E-state index contributed by atoms with van der Waals surface area (Å²) in [6, 6.07) is 9.58. The molecule has 0 amide bonds. The summed E-state index contributed by atoms with van der Waals surface area (Å²) in [5.41, 5.74) is 9.66. The van der Waals surface area contributed by atoms with Crippen molar-refractivity contribution in [1.82, 2.24) is 4.90 Å². The summed E-state index contributed by atoms with van der Waals surface area (Å²) in [5.74, 6) is 0.854. The Hall–Kier alpha value is -0.860. The van der Waals surface area contributed by atoms with Crippen LogP contribution in [-0.2, 0) is 0 Å². The Labute approximate surface area is 129 Å². The fraction of sp³-hybridized carbons (Fsp3) is 0.684. The minimum atomic E-state index is 0.230. The number of likely N-dealkylation sites (tertiary alicyclic amines) is 1. The van der Waals surface area contributed by atoms with Crippen LogP contribution in [0.1, 0.15) is 69.7 Å². The molecule has 0 spiro atoms. The molecule has 1 heterocycles. The second-order valence-corrected chi connectivity index (χ2v) is 8.02. The van der Waals surface area contributed by atoms with Gasteiger partial charge in [0.1, 0.15) is 0 Å². The standard InChI is InChI=1S/C19H30N2/c1-19(2,3)14-7-6-11-21(12-10-14)18-13-17(20)15-8-4-5-9-16(15)18/h4-5,8-9,14,17-18H,6-7,10-13,20H2,1-3H3. The van der Waals surface area contributed by atoms with Gasteiger partial charge >= 0.3 is 0 Å². The minimum Gasteiger partial charge on any atom is -0.324 e. The number of benzene rings is 1. The summed E-state index contributed by atoms with van der Waals surface area (Å²) >= 11 is 0. The van der Waals surface area contributed by atoms with Crippen molar-refractivity contribution in [2.75, 3.05) is 13.1 Å². The molecule has 1 aliphatic carbocycles. The van der Waals surface area contributed by atoms with Gasteiger partial charge in [-0.05, 0) is 61.2 Å². The summed E-state index contributed by atoms with van der Waals surface area (Å²) in [6.07, 6.45) is 5.13. The summed E-state index contributed by atoms with van der Waals surface area (Å²) in [7, 11) is 0. The van der Waals surface area contributed by atoms with E-state index < -0.39 is 0 Å². The number of nitrogens with zero attached hydrogens (tertiary/aromatic N) is 1. The van der Waals surface area contributed by atoms with Gasteiger partial charge in [0.2, 0.25) is 0 Å². The van der Waals surface area contributed by atoms with Crippen molar-refractivity contribution in [3.8, 4) is 0 Å². The zero-order valence-electron chi connectivity index (χ0n) is 13.8. The van der Waals surface area contributed by atoms with Crippen molar-refractivity contribution in [1.29, 1.82) is 0 Å². The smallest absolute Gasteiger partial charge is 0.0369 e. The molecule has 0 radical (unpaired) electrons. The van der Waals surface area contributed by atoms with Crippen LogP contribution in [0.5, 0.6) is 0 Å². The zero-order valence-corrected chi connectivity index (χ0v) is 13.8. The molecular formula is C19H30N2. The van der Waals surface area contributed by atoms with Gasteiger partial charge in [0.05, 0.1) is 0 Å². The van der Waals surface area contributed by atoms with E-state index in [1.54, 1.807) is 0 Å². The van der Waals surface area contributed by atoms with E-state index in [0.29, 0.717) is 11.5 Å². The lowest BCUT2D eigenvalue weighted by atomic mass is 9.77. The lowest BCUT2D eigenvalue weighted by Gasteiger charge is -2.31. The highest BCUT2D eigenvalue weighted by atomic mass is 15.2. The predicted molar refractivity (Wildman–Crippen MR) is 89.1 cm³/mol. The second kappa shape index (κ2) is 5.73. The fourth-order valence-electron chi connectivity index (χ4n) is 4.29. The molecule has 2 nitrogen and oxygen atoms in total. The molecule has 1 saturated heterocycles. The summed E-state index contributed by atoms with van der Waals surface area (Å²) in [5, 5.41) is 0. The van der Waals surface area contributed by atoms with Crippen LogP contribution < -0.4 is 5.73 Å². The first-order valence-electron chi connectivity index (χ1n) is 8.55. The molecule has 2 N–H and O–H groups in total. The predicted octanol–water partition coefficient (Wildman–Crippen LogP) is 4.28. The van der Waals surface area contributed by atoms with E-state index >= 15 is 0 Å². The Morgan fingerprint density at radius 2 is 1.76 bits per heavy atom. The molecule has 0 saturated carbocycles. The van der Waals surface area contributed by atoms with E-state index in [0.717, 1.165) is 12.3 Å². The second-order valence-electron chi connectivity index (χ2n) is 8.02. The Morgan fingerprint density at radius 3 is 2.48 bits per heavy atom. The third-order valence-electron chi connectivity index (χ3n) is 5.66. The lowest BCUT2D eigenvalue weighted by molar-refractivity contribution is 0.179. The number of hydrogen-bond donors (Lipinski definition) is 1. The van der Waals surface area contributed by atoms with E-state index in [9.17, 15) is 0 Å². The average Bonchev–Trinajstić information content (AvgIpc) is 2.64. The molecular weight excluding hydrogens is 256 g/mol. The summed E-state index contributed by atoms with van der Waals surface area (Å²) in [6.45, 7) is 9.66. The zero-order chi connectivity index (χ0) is 15.0. The lowest BCUT2D eigenvalue weighted by Crippen LogP contribution is -2.30. The van der Waals surface area contributed by atoms with E-state index in [1.807, 2.05) is 0 Å². The molecule has 2 aliphatic rings. The highest BCUT2D eigenvalue weighted by Gasteiger charge is 2.34. The number of rotatable bonds is 1. The fourth-order valence-corrected chi connectivity index (χ4v) is 4.29. The number of fused-ring (bicyclic) bond motifs is 1. The van der Waals surface area contributed by atoms with Crippen LogP contribution in [0.15, 0.2) is 24.3 Å². The molecule has 2 heteroatoms. The van der Waals surface area contributed by atoms with E-state index in [4.69, 9.17) is 5.73 Å². The van der Waals surface area contributed by atoms with Crippen molar-refractivity contribution < 1.29 is 0 Å². The van der Waals surface area contributed by atoms with Gasteiger partial charge in [0.25, 0.3) is 0 Å². The molecule has 0 aromatic heterocycles. The van der Waals surface area contributed by atoms with Crippen LogP contribution in [0.25, 0.3) is 0 Å². The van der Waals surface area contributed by atoms with Gasteiger partial charge in [0.15, 0.2) is 0 Å². The quantitative estimate of drug-likeness (QED) is 0.835. The van der Waals surface area contributed by atoms with E-state index in [-0.39, 0.29) is 6.04 Å². The van der Waals surface area contributed by atoms with E-state index in [1.165, 1.54) is 43.5 Å². The van der Waals surface area contributed by atoms with Gasteiger partial charge in [-0.15, -0.1) is 0 Å². The molecule has 1 aromatic rings. The van der Waals surface area contributed by atoms with Crippen molar-refractivity contribution in [3.63, 3.8) is 0 Å². The number of hydrogen-bond acceptors (Lipinski definition) is 2. The van der Waals surface area contributed by atoms with E-state index in [2.05, 4.69) is 49.9 Å². The van der Waals surface area contributed by atoms with Crippen LogP contribution in [0, 0.1) is 11.3 Å². The van der Waals surface area contributed by atoms with Gasteiger partial charge in [-0.2, -0.15) is 0 Å². The average molecular weight is 286 g/mol. The maximum Gasteiger partial charge on any atom is 0.0369 e. The highest BCUT2D eigenvalue weighted by molar-refractivity contribution is 5.37. The first-order chi connectivity index (χ1) is 9.97. The summed E-state index contributed by atoms with van der Waals surface area (Å²) in [4.78, 5) is 2.71. The maximum absolute atomic E-state index is 6.35. The molecule has 3 rings (SSSR count). The molecule has 3 unspecified atom stereocenters. The third-order valence-corrected chi connectivity index (χ3v) is 5.66. The van der Waals surface area contributed by atoms with Crippen LogP contribution >= 0.6 is 0 Å². The molecule has 3 atom stereocenters. The van der Waals surface area contributed by atoms with Crippen LogP contribution in [0.2, 0.25) is 0 Å². The Bertz CT molecular complexity index is 489. The molecule has 1 fully saturated rings. The van der Waals surface area contributed by atoms with Crippen molar-refractivity contribution in [3.05, 3.63) is 35.4 Å². The SMILES string of the molecule is CC(C)(C)C1CCCN(C2CC(N)c3ccccc32)CC1. The van der Waals surface area contributed by atoms with Gasteiger partial charge in [-0.25, -0.2) is 0 Å². The van der Waals surface area contributed by atoms with Crippen LogP contribution in [0.3, 0.4) is 0 Å². The summed E-state index contributed by atoms with van der Waals surface area (Å²) < 4.78 is 0. The normalized spacial score (nSPS) is 31.0. The van der Waals surface area contributed by atoms with Gasteiger partial charge in [0, 0.05) is 12.1 Å². The monoisotopic (exact) mass is 286 g/mol. The third kappa shape index (κ3) is 3.02. The highest BCUT2D eigenvalue weighted by Crippen LogP contribution is 2.43. The van der Waals surface area contributed by atoms with Gasteiger partial charge in [-0.1, -0.05) is 45.0 Å². The molecule has 21 heavy (non-hydrogen) atoms. The van der Waals surface area contributed by atoms with Gasteiger partial charge < -0.3 is 5.73 Å². The Kier molecular flexibility index (Phi) is 4.11. The molecule has 0 bridgehead atoms. The van der Waals surface area contributed by atoms with Gasteiger partial charge in [-0.3, -0.25) is 4.90 Å². The first kappa shape index (κ1) is 15.1. The van der Waals surface area contributed by atoms with Crippen LogP contribution in [-0.4, -0.2) is 18.0 Å². The Balaban J connectivity index is 1.74. The Morgan fingerprint density at radius 1 is 1.05 bits per heavy atom. The maximum atomic E-state index is 6.35. The number of nitrogens with two attached hydrogens (primary N) is 1. The topological polar surface area (TPSA) is 29.3 Å². The minimum absolute atomic E-state index is 0.230.